The largest absolute Gasteiger partial charge is 0.317 e. The lowest BCUT2D eigenvalue weighted by atomic mass is 10.3. The van der Waals surface area contributed by atoms with Crippen molar-refractivity contribution in [3.63, 3.8) is 0 Å². The molecule has 0 aromatic rings. The lowest BCUT2D eigenvalue weighted by molar-refractivity contribution is 0.275. The first-order chi connectivity index (χ1) is 7.65. The highest BCUT2D eigenvalue weighted by molar-refractivity contribution is 4.53. The zero-order chi connectivity index (χ0) is 12.8. The van der Waals surface area contributed by atoms with Gasteiger partial charge in [-0.1, -0.05) is 27.7 Å². The maximum atomic E-state index is 3.11. The summed E-state index contributed by atoms with van der Waals surface area (Å²) in [6.45, 7) is 14.9. The van der Waals surface area contributed by atoms with E-state index in [9.17, 15) is 0 Å². The van der Waals surface area contributed by atoms with Crippen LogP contribution in [0.25, 0.3) is 0 Å². The van der Waals surface area contributed by atoms with Crippen LogP contribution >= 0.6 is 0 Å². The van der Waals surface area contributed by atoms with Crippen molar-refractivity contribution in [3.05, 3.63) is 0 Å². The van der Waals surface area contributed by atoms with E-state index in [4.69, 9.17) is 0 Å². The van der Waals surface area contributed by atoms with Crippen LogP contribution in [0.5, 0.6) is 0 Å². The molecule has 0 aliphatic rings. The first-order valence-electron chi connectivity index (χ1n) is 7.05. The summed E-state index contributed by atoms with van der Waals surface area (Å²) in [6.07, 6.45) is 5.09. The summed E-state index contributed by atoms with van der Waals surface area (Å²) in [5.41, 5.74) is 0. The highest BCUT2D eigenvalue weighted by atomic mass is 15.1. The molecule has 1 unspecified atom stereocenters. The fraction of sp³-hybridized carbons (Fsp3) is 1.00. The van der Waals surface area contributed by atoms with E-state index in [0.29, 0.717) is 6.04 Å². The van der Waals surface area contributed by atoms with Crippen LogP contribution in [0.2, 0.25) is 0 Å². The summed E-state index contributed by atoms with van der Waals surface area (Å²) < 4.78 is 0. The van der Waals surface area contributed by atoms with Crippen LogP contribution in [0.1, 0.15) is 60.3 Å². The third-order valence-corrected chi connectivity index (χ3v) is 2.72. The summed E-state index contributed by atoms with van der Waals surface area (Å²) in [6, 6.07) is 0.685. The summed E-state index contributed by atoms with van der Waals surface area (Å²) in [5.74, 6) is 0. The van der Waals surface area contributed by atoms with Gasteiger partial charge in [0.15, 0.2) is 0 Å². The number of nitrogens with zero attached hydrogens (tertiary/aromatic N) is 1. The number of hydrogen-bond donors (Lipinski definition) is 1. The van der Waals surface area contributed by atoms with E-state index in [0.717, 1.165) is 0 Å². The van der Waals surface area contributed by atoms with Gasteiger partial charge in [0.05, 0.1) is 0 Å². The van der Waals surface area contributed by atoms with E-state index in [1.165, 1.54) is 45.3 Å². The van der Waals surface area contributed by atoms with Gasteiger partial charge in [0.1, 0.15) is 0 Å². The third kappa shape index (κ3) is 13.9. The van der Waals surface area contributed by atoms with Gasteiger partial charge in [-0.05, 0) is 59.3 Å². The molecule has 2 heteroatoms. The molecular weight excluding hydrogens is 196 g/mol. The van der Waals surface area contributed by atoms with Gasteiger partial charge >= 0.3 is 0 Å². The Balaban J connectivity index is 0. The molecule has 0 amide bonds. The van der Waals surface area contributed by atoms with Crippen LogP contribution in [-0.2, 0) is 0 Å². The van der Waals surface area contributed by atoms with Gasteiger partial charge in [0.25, 0.3) is 0 Å². The second-order valence-electron chi connectivity index (χ2n) is 4.44. The Bertz CT molecular complexity index is 97.0. The number of rotatable bonds is 8. The molecule has 0 bridgehead atoms. The van der Waals surface area contributed by atoms with Crippen molar-refractivity contribution in [1.29, 1.82) is 0 Å². The summed E-state index contributed by atoms with van der Waals surface area (Å²) >= 11 is 0. The van der Waals surface area contributed by atoms with Crippen LogP contribution in [0.3, 0.4) is 0 Å². The van der Waals surface area contributed by atoms with Crippen molar-refractivity contribution in [1.82, 2.24) is 10.2 Å². The SMILES string of the molecule is CCC(C)NC.CCCN(CCC)CCC. The topological polar surface area (TPSA) is 15.3 Å². The minimum absolute atomic E-state index is 0.685. The van der Waals surface area contributed by atoms with E-state index >= 15 is 0 Å². The normalized spacial score (nSPS) is 12.2. The maximum absolute atomic E-state index is 3.11. The van der Waals surface area contributed by atoms with Gasteiger partial charge < -0.3 is 10.2 Å². The second kappa shape index (κ2) is 14.9. The predicted octanol–water partition coefficient (Wildman–Crippen LogP) is 3.52. The Morgan fingerprint density at radius 3 is 1.38 bits per heavy atom. The van der Waals surface area contributed by atoms with Crippen LogP contribution in [0.4, 0.5) is 0 Å². The zero-order valence-electron chi connectivity index (χ0n) is 12.5. The molecule has 0 fully saturated rings. The molecule has 0 aliphatic heterocycles. The van der Waals surface area contributed by atoms with Gasteiger partial charge in [0.2, 0.25) is 0 Å². The van der Waals surface area contributed by atoms with Crippen LogP contribution < -0.4 is 5.32 Å². The predicted molar refractivity (Wildman–Crippen MR) is 76.1 cm³/mol. The molecule has 100 valence electrons. The fourth-order valence-electron chi connectivity index (χ4n) is 1.49. The molecule has 1 N–H and O–H groups in total. The minimum atomic E-state index is 0.685. The quantitative estimate of drug-likeness (QED) is 0.686. The smallest absolute Gasteiger partial charge is 0.00331 e. The Hall–Kier alpha value is -0.0800. The minimum Gasteiger partial charge on any atom is -0.317 e. The molecule has 0 spiro atoms. The number of hydrogen-bond acceptors (Lipinski definition) is 2. The maximum Gasteiger partial charge on any atom is 0.00331 e. The van der Waals surface area contributed by atoms with Crippen molar-refractivity contribution in [2.45, 2.75) is 66.3 Å². The average Bonchev–Trinajstić information content (AvgIpc) is 2.30. The van der Waals surface area contributed by atoms with Crippen LogP contribution in [0.15, 0.2) is 0 Å². The molecule has 2 nitrogen and oxygen atoms in total. The molecule has 0 aliphatic carbocycles. The van der Waals surface area contributed by atoms with Crippen molar-refractivity contribution < 1.29 is 0 Å². The Morgan fingerprint density at radius 1 is 0.875 bits per heavy atom. The highest BCUT2D eigenvalue weighted by Crippen LogP contribution is 1.94. The summed E-state index contributed by atoms with van der Waals surface area (Å²) in [5, 5.41) is 3.11. The number of nitrogens with one attached hydrogen (secondary N) is 1. The first kappa shape index (κ1) is 18.3. The Kier molecular flexibility index (Phi) is 17.1. The molecule has 0 aromatic heterocycles. The van der Waals surface area contributed by atoms with E-state index in [2.05, 4.69) is 44.8 Å². The molecule has 16 heavy (non-hydrogen) atoms. The monoisotopic (exact) mass is 230 g/mol. The van der Waals surface area contributed by atoms with Crippen LogP contribution in [0, 0.1) is 0 Å². The lowest BCUT2D eigenvalue weighted by Gasteiger charge is -2.19. The molecule has 1 atom stereocenters. The van der Waals surface area contributed by atoms with Crippen molar-refractivity contribution in [3.8, 4) is 0 Å². The summed E-state index contributed by atoms with van der Waals surface area (Å²) in [4.78, 5) is 2.54. The molecular formula is C14H34N2. The van der Waals surface area contributed by atoms with E-state index in [1.807, 2.05) is 7.05 Å². The molecule has 0 saturated heterocycles. The van der Waals surface area contributed by atoms with E-state index in [-0.39, 0.29) is 0 Å². The van der Waals surface area contributed by atoms with E-state index in [1.54, 1.807) is 0 Å². The molecule has 0 saturated carbocycles. The Morgan fingerprint density at radius 2 is 1.25 bits per heavy atom. The second-order valence-corrected chi connectivity index (χ2v) is 4.44. The van der Waals surface area contributed by atoms with Gasteiger partial charge in [-0.3, -0.25) is 0 Å². The summed E-state index contributed by atoms with van der Waals surface area (Å²) in [7, 11) is 1.98. The highest BCUT2D eigenvalue weighted by Gasteiger charge is 1.98. The first-order valence-corrected chi connectivity index (χ1v) is 7.05. The standard InChI is InChI=1S/C9H21N.C5H13N/c1-4-7-10(8-5-2)9-6-3;1-4-5(2)6-3/h4-9H2,1-3H3;5-6H,4H2,1-3H3. The van der Waals surface area contributed by atoms with Gasteiger partial charge in [-0.15, -0.1) is 0 Å². The lowest BCUT2D eigenvalue weighted by Crippen LogP contribution is -2.25. The van der Waals surface area contributed by atoms with Crippen molar-refractivity contribution >= 4 is 0 Å². The zero-order valence-corrected chi connectivity index (χ0v) is 12.5. The Labute approximate surface area is 104 Å². The van der Waals surface area contributed by atoms with Crippen molar-refractivity contribution in [2.24, 2.45) is 0 Å². The van der Waals surface area contributed by atoms with Gasteiger partial charge in [0, 0.05) is 6.04 Å². The average molecular weight is 230 g/mol. The van der Waals surface area contributed by atoms with Gasteiger partial charge in [-0.25, -0.2) is 0 Å². The van der Waals surface area contributed by atoms with E-state index < -0.39 is 0 Å². The molecule has 0 rings (SSSR count). The third-order valence-electron chi connectivity index (χ3n) is 2.72. The molecule has 0 heterocycles. The van der Waals surface area contributed by atoms with Crippen LogP contribution in [-0.4, -0.2) is 37.6 Å². The fourth-order valence-corrected chi connectivity index (χ4v) is 1.49. The molecule has 0 radical (unpaired) electrons. The molecule has 0 aromatic carbocycles. The van der Waals surface area contributed by atoms with Crippen molar-refractivity contribution in [2.75, 3.05) is 26.7 Å². The van der Waals surface area contributed by atoms with Gasteiger partial charge in [-0.2, -0.15) is 0 Å².